The zero-order valence-corrected chi connectivity index (χ0v) is 32.8. The maximum absolute atomic E-state index is 11.3. The van der Waals surface area contributed by atoms with E-state index in [2.05, 4.69) is 110 Å². The summed E-state index contributed by atoms with van der Waals surface area (Å²) in [4.78, 5) is 15.8. The molecule has 0 atom stereocenters. The molecule has 6 rings (SSSR count). The quantitative estimate of drug-likeness (QED) is 0.245. The Balaban J connectivity index is 0.000000326. The highest BCUT2D eigenvalue weighted by atomic mass is 16.5. The van der Waals surface area contributed by atoms with Crippen LogP contribution in [-0.4, -0.2) is 10.8 Å². The molecule has 1 aliphatic heterocycles. The van der Waals surface area contributed by atoms with Gasteiger partial charge >= 0.3 is 0 Å². The molecule has 1 aromatic heterocycles. The summed E-state index contributed by atoms with van der Waals surface area (Å²) in [6, 6.07) is 15.2. The predicted octanol–water partition coefficient (Wildman–Crippen LogP) is 12.0. The molecule has 3 heteroatoms. The lowest BCUT2D eigenvalue weighted by molar-refractivity contribution is -0.117. The first-order chi connectivity index (χ1) is 22.0. The third-order valence-corrected chi connectivity index (χ3v) is 8.20. The van der Waals surface area contributed by atoms with Crippen LogP contribution >= 0.6 is 0 Å². The van der Waals surface area contributed by atoms with E-state index in [4.69, 9.17) is 4.74 Å². The van der Waals surface area contributed by atoms with Gasteiger partial charge < -0.3 is 4.74 Å². The monoisotopic (exact) mass is 642 g/mol. The standard InChI is InChI=1S/2C13H16O.C12H17N.3C2H6/c1-9-7-10-8-11(13(2,3)4)5-6-12(10)14-9;1-13(2,3)11-5-4-9-7-12(14)8-10(9)6-11;1-12(2,3)10-7-9-5-4-6-11(9)13-8-10;3*1-2/h5-6,8H,1,7H2,2-4H3;4-6H,7-8H2,1-3H3;7-8H,4-6H2,1-3H3;3*1-2H3. The summed E-state index contributed by atoms with van der Waals surface area (Å²) in [6.07, 6.45) is 7.88. The van der Waals surface area contributed by atoms with E-state index in [-0.39, 0.29) is 16.2 Å². The van der Waals surface area contributed by atoms with Crippen molar-refractivity contribution in [2.75, 3.05) is 0 Å². The Morgan fingerprint density at radius 1 is 0.596 bits per heavy atom. The minimum atomic E-state index is 0.181. The second kappa shape index (κ2) is 18.4. The first-order valence-corrected chi connectivity index (χ1v) is 18.1. The van der Waals surface area contributed by atoms with Gasteiger partial charge in [-0.05, 0) is 75.0 Å². The molecule has 3 aromatic rings. The number of hydrogen-bond donors (Lipinski definition) is 0. The third kappa shape index (κ3) is 12.4. The predicted molar refractivity (Wildman–Crippen MR) is 205 cm³/mol. The molecule has 3 aliphatic rings. The van der Waals surface area contributed by atoms with Crippen LogP contribution in [0.25, 0.3) is 0 Å². The largest absolute Gasteiger partial charge is 0.462 e. The summed E-state index contributed by atoms with van der Waals surface area (Å²) in [5.41, 5.74) is 11.2. The Morgan fingerprint density at radius 2 is 1.09 bits per heavy atom. The number of ketones is 1. The van der Waals surface area contributed by atoms with E-state index in [0.717, 1.165) is 17.9 Å². The van der Waals surface area contributed by atoms with Crippen LogP contribution in [-0.2, 0) is 53.1 Å². The number of hydrogen-bond acceptors (Lipinski definition) is 3. The van der Waals surface area contributed by atoms with E-state index < -0.39 is 0 Å². The Labute approximate surface area is 289 Å². The SMILES string of the molecule is C=C1Cc2cc(C(C)(C)C)ccc2O1.CC.CC.CC.CC(C)(C)c1ccc2c(c1)CC(=O)C2.CC(C)(C)c1cnc2c(c1)CCC2. The van der Waals surface area contributed by atoms with E-state index >= 15 is 0 Å². The van der Waals surface area contributed by atoms with Gasteiger partial charge in [-0.25, -0.2) is 0 Å². The van der Waals surface area contributed by atoms with Crippen molar-refractivity contribution in [3.63, 3.8) is 0 Å². The van der Waals surface area contributed by atoms with Crippen LogP contribution in [0, 0.1) is 0 Å². The van der Waals surface area contributed by atoms with Gasteiger partial charge in [-0.2, -0.15) is 0 Å². The normalized spacial score (nSPS) is 14.0. The average Bonchev–Trinajstić information content (AvgIpc) is 3.75. The molecule has 0 radical (unpaired) electrons. The number of nitrogens with zero attached hydrogens (tertiary/aromatic N) is 1. The molecule has 0 amide bonds. The molecule has 260 valence electrons. The van der Waals surface area contributed by atoms with Crippen molar-refractivity contribution in [2.24, 2.45) is 0 Å². The van der Waals surface area contributed by atoms with Crippen molar-refractivity contribution in [2.45, 2.75) is 159 Å². The van der Waals surface area contributed by atoms with Crippen molar-refractivity contribution in [1.29, 1.82) is 0 Å². The zero-order valence-electron chi connectivity index (χ0n) is 32.8. The molecule has 0 fully saturated rings. The minimum absolute atomic E-state index is 0.181. The van der Waals surface area contributed by atoms with Crippen LogP contribution in [0.1, 0.15) is 155 Å². The van der Waals surface area contributed by atoms with Crippen molar-refractivity contribution >= 4 is 5.78 Å². The van der Waals surface area contributed by atoms with Gasteiger partial charge in [0.2, 0.25) is 0 Å². The molecule has 2 heterocycles. The molecular formula is C44H67NO2. The van der Waals surface area contributed by atoms with Crippen molar-refractivity contribution < 1.29 is 9.53 Å². The van der Waals surface area contributed by atoms with E-state index in [0.29, 0.717) is 18.6 Å². The van der Waals surface area contributed by atoms with Gasteiger partial charge in [-0.1, -0.05) is 147 Å². The lowest BCUT2D eigenvalue weighted by atomic mass is 9.85. The third-order valence-electron chi connectivity index (χ3n) is 8.20. The number of aryl methyl sites for hydroxylation is 2. The molecule has 0 spiro atoms. The van der Waals surface area contributed by atoms with Gasteiger partial charge in [-0.3, -0.25) is 9.78 Å². The van der Waals surface area contributed by atoms with Gasteiger partial charge in [0.15, 0.2) is 0 Å². The van der Waals surface area contributed by atoms with Crippen LogP contribution in [0.4, 0.5) is 0 Å². The van der Waals surface area contributed by atoms with Crippen LogP contribution < -0.4 is 4.74 Å². The number of ether oxygens (including phenoxy) is 1. The number of aromatic nitrogens is 1. The van der Waals surface area contributed by atoms with Crippen molar-refractivity contribution in [3.05, 3.63) is 106 Å². The summed E-state index contributed by atoms with van der Waals surface area (Å²) in [7, 11) is 0. The number of allylic oxidation sites excluding steroid dienone is 1. The van der Waals surface area contributed by atoms with Crippen LogP contribution in [0.15, 0.2) is 61.0 Å². The maximum Gasteiger partial charge on any atom is 0.141 e. The summed E-state index contributed by atoms with van der Waals surface area (Å²) in [6.45, 7) is 35.8. The fraction of sp³-hybridized carbons (Fsp3) is 0.545. The Bertz CT molecular complexity index is 1360. The topological polar surface area (TPSA) is 39.2 Å². The first kappa shape index (κ1) is 41.8. The van der Waals surface area contributed by atoms with E-state index in [1.165, 1.54) is 63.9 Å². The lowest BCUT2D eigenvalue weighted by Gasteiger charge is -2.19. The molecule has 2 aliphatic carbocycles. The highest BCUT2D eigenvalue weighted by Crippen LogP contribution is 2.34. The molecule has 0 bridgehead atoms. The molecule has 3 nitrogen and oxygen atoms in total. The fourth-order valence-corrected chi connectivity index (χ4v) is 5.44. The number of fused-ring (bicyclic) bond motifs is 3. The number of rotatable bonds is 0. The molecule has 0 saturated heterocycles. The number of carbonyl (C=O) groups excluding carboxylic acids is 1. The van der Waals surface area contributed by atoms with Gasteiger partial charge in [-0.15, -0.1) is 0 Å². The summed E-state index contributed by atoms with van der Waals surface area (Å²) < 4.78 is 5.48. The summed E-state index contributed by atoms with van der Waals surface area (Å²) in [5.74, 6) is 2.18. The average molecular weight is 642 g/mol. The Morgan fingerprint density at radius 3 is 1.64 bits per heavy atom. The zero-order chi connectivity index (χ0) is 36.2. The van der Waals surface area contributed by atoms with Gasteiger partial charge in [0.05, 0.1) is 0 Å². The number of carbonyl (C=O) groups is 1. The van der Waals surface area contributed by atoms with Crippen LogP contribution in [0.5, 0.6) is 5.75 Å². The number of benzene rings is 2. The molecule has 0 N–H and O–H groups in total. The molecule has 0 unspecified atom stereocenters. The fourth-order valence-electron chi connectivity index (χ4n) is 5.44. The first-order valence-electron chi connectivity index (χ1n) is 18.1. The van der Waals surface area contributed by atoms with Gasteiger partial charge in [0.1, 0.15) is 17.3 Å². The van der Waals surface area contributed by atoms with Crippen LogP contribution in [0.2, 0.25) is 0 Å². The maximum atomic E-state index is 11.3. The molecule has 0 saturated carbocycles. The Hall–Kier alpha value is -3.20. The second-order valence-electron chi connectivity index (χ2n) is 14.9. The molecule has 47 heavy (non-hydrogen) atoms. The number of Topliss-reactive ketones (excluding diaryl/α,β-unsaturated/α-hetero) is 1. The van der Waals surface area contributed by atoms with Gasteiger partial charge in [0.25, 0.3) is 0 Å². The highest BCUT2D eigenvalue weighted by molar-refractivity contribution is 5.88. The lowest BCUT2D eigenvalue weighted by Crippen LogP contribution is -2.12. The van der Waals surface area contributed by atoms with Gasteiger partial charge in [0, 0.05) is 36.7 Å². The van der Waals surface area contributed by atoms with Crippen molar-refractivity contribution in [3.8, 4) is 5.75 Å². The van der Waals surface area contributed by atoms with Crippen LogP contribution in [0.3, 0.4) is 0 Å². The van der Waals surface area contributed by atoms with E-state index in [9.17, 15) is 4.79 Å². The minimum Gasteiger partial charge on any atom is -0.462 e. The summed E-state index contributed by atoms with van der Waals surface area (Å²) in [5, 5.41) is 0. The van der Waals surface area contributed by atoms with Crippen molar-refractivity contribution in [1.82, 2.24) is 4.98 Å². The smallest absolute Gasteiger partial charge is 0.141 e. The number of pyridine rings is 1. The molecule has 2 aromatic carbocycles. The van der Waals surface area contributed by atoms with E-state index in [1.807, 2.05) is 53.8 Å². The summed E-state index contributed by atoms with van der Waals surface area (Å²) >= 11 is 0. The second-order valence-corrected chi connectivity index (χ2v) is 14.9. The van der Waals surface area contributed by atoms with E-state index in [1.54, 1.807) is 0 Å². The molecular weight excluding hydrogens is 574 g/mol. The Kier molecular flexibility index (Phi) is 16.3. The highest BCUT2D eigenvalue weighted by Gasteiger charge is 2.22.